The van der Waals surface area contributed by atoms with Gasteiger partial charge in [-0.3, -0.25) is 4.79 Å². The standard InChI is InChI=1S/C19H23N7O2/c1-13-11-25(18(27)17-20-19(28-3)24(2)23-17)12-16-22-21-15(26(13)16)10-9-14-7-5-4-6-8-14/h4-8,13H,9-12H2,1-3H3/t13-/m0/s1. The van der Waals surface area contributed by atoms with E-state index in [1.807, 2.05) is 18.2 Å². The van der Waals surface area contributed by atoms with E-state index >= 15 is 0 Å². The third kappa shape index (κ3) is 3.35. The number of methoxy groups -OCH3 is 1. The van der Waals surface area contributed by atoms with Crippen LogP contribution in [0.1, 0.15) is 40.8 Å². The van der Waals surface area contributed by atoms with E-state index < -0.39 is 0 Å². The average molecular weight is 381 g/mol. The summed E-state index contributed by atoms with van der Waals surface area (Å²) in [7, 11) is 3.19. The fourth-order valence-electron chi connectivity index (χ4n) is 3.62. The van der Waals surface area contributed by atoms with Crippen LogP contribution in [0, 0.1) is 0 Å². The number of fused-ring (bicyclic) bond motifs is 1. The zero-order chi connectivity index (χ0) is 19.7. The molecule has 2 aromatic heterocycles. The van der Waals surface area contributed by atoms with E-state index in [9.17, 15) is 4.79 Å². The van der Waals surface area contributed by atoms with E-state index in [2.05, 4.69) is 43.9 Å². The molecular weight excluding hydrogens is 358 g/mol. The number of hydrogen-bond acceptors (Lipinski definition) is 6. The topological polar surface area (TPSA) is 91.0 Å². The van der Waals surface area contributed by atoms with E-state index in [4.69, 9.17) is 4.74 Å². The molecule has 28 heavy (non-hydrogen) atoms. The summed E-state index contributed by atoms with van der Waals surface area (Å²) >= 11 is 0. The lowest BCUT2D eigenvalue weighted by Crippen LogP contribution is -2.41. The monoisotopic (exact) mass is 381 g/mol. The molecule has 0 fully saturated rings. The molecule has 0 spiro atoms. The zero-order valence-electron chi connectivity index (χ0n) is 16.2. The Morgan fingerprint density at radius 3 is 2.71 bits per heavy atom. The van der Waals surface area contributed by atoms with Crippen molar-refractivity contribution in [1.29, 1.82) is 0 Å². The fourth-order valence-corrected chi connectivity index (χ4v) is 3.62. The van der Waals surface area contributed by atoms with Gasteiger partial charge in [0.05, 0.1) is 19.7 Å². The van der Waals surface area contributed by atoms with Crippen LogP contribution in [0.2, 0.25) is 0 Å². The lowest BCUT2D eigenvalue weighted by atomic mass is 10.1. The van der Waals surface area contributed by atoms with Crippen LogP contribution in [0.3, 0.4) is 0 Å². The van der Waals surface area contributed by atoms with Gasteiger partial charge in [-0.1, -0.05) is 30.3 Å². The van der Waals surface area contributed by atoms with Gasteiger partial charge in [0.2, 0.25) is 5.82 Å². The first kappa shape index (κ1) is 18.1. The molecule has 1 aliphatic heterocycles. The van der Waals surface area contributed by atoms with Crippen molar-refractivity contribution in [2.45, 2.75) is 32.4 Å². The number of aryl methyl sites for hydroxylation is 3. The maximum absolute atomic E-state index is 12.8. The van der Waals surface area contributed by atoms with Crippen molar-refractivity contribution in [3.8, 4) is 6.01 Å². The molecule has 1 atom stereocenters. The summed E-state index contributed by atoms with van der Waals surface area (Å²) in [6.07, 6.45) is 1.72. The van der Waals surface area contributed by atoms with Crippen LogP contribution in [0.5, 0.6) is 6.01 Å². The molecule has 3 aromatic rings. The highest BCUT2D eigenvalue weighted by Crippen LogP contribution is 2.23. The molecule has 9 heteroatoms. The lowest BCUT2D eigenvalue weighted by Gasteiger charge is -2.31. The summed E-state index contributed by atoms with van der Waals surface area (Å²) in [5.41, 5.74) is 1.27. The van der Waals surface area contributed by atoms with Crippen molar-refractivity contribution < 1.29 is 9.53 Å². The van der Waals surface area contributed by atoms with E-state index in [1.165, 1.54) is 17.4 Å². The second-order valence-electron chi connectivity index (χ2n) is 6.97. The average Bonchev–Trinajstić information content (AvgIpc) is 3.30. The molecule has 4 rings (SSSR count). The van der Waals surface area contributed by atoms with Crippen molar-refractivity contribution in [3.63, 3.8) is 0 Å². The van der Waals surface area contributed by atoms with E-state index in [-0.39, 0.29) is 17.8 Å². The molecule has 0 unspecified atom stereocenters. The Bertz CT molecular complexity index is 980. The highest BCUT2D eigenvalue weighted by Gasteiger charge is 2.31. The van der Waals surface area contributed by atoms with Crippen molar-refractivity contribution in [2.24, 2.45) is 7.05 Å². The highest BCUT2D eigenvalue weighted by molar-refractivity contribution is 5.90. The third-order valence-corrected chi connectivity index (χ3v) is 4.96. The predicted octanol–water partition coefficient (Wildman–Crippen LogP) is 1.42. The maximum Gasteiger partial charge on any atom is 0.314 e. The van der Waals surface area contributed by atoms with Crippen LogP contribution in [0.25, 0.3) is 0 Å². The van der Waals surface area contributed by atoms with Crippen LogP contribution in [0.15, 0.2) is 30.3 Å². The van der Waals surface area contributed by atoms with Crippen molar-refractivity contribution in [3.05, 3.63) is 53.4 Å². The molecule has 146 valence electrons. The Morgan fingerprint density at radius 2 is 2.00 bits per heavy atom. The number of amides is 1. The van der Waals surface area contributed by atoms with Gasteiger partial charge in [-0.2, -0.15) is 4.98 Å². The second-order valence-corrected chi connectivity index (χ2v) is 6.97. The normalized spacial score (nSPS) is 16.1. The number of carbonyl (C=O) groups is 1. The van der Waals surface area contributed by atoms with Crippen molar-refractivity contribution >= 4 is 5.91 Å². The molecule has 0 N–H and O–H groups in total. The minimum absolute atomic E-state index is 0.0825. The van der Waals surface area contributed by atoms with Gasteiger partial charge in [-0.25, -0.2) is 4.68 Å². The number of aromatic nitrogens is 6. The number of carbonyl (C=O) groups excluding carboxylic acids is 1. The summed E-state index contributed by atoms with van der Waals surface area (Å²) < 4.78 is 8.70. The Balaban J connectivity index is 1.49. The van der Waals surface area contributed by atoms with E-state index in [0.717, 1.165) is 24.5 Å². The van der Waals surface area contributed by atoms with Crippen LogP contribution in [0.4, 0.5) is 0 Å². The largest absolute Gasteiger partial charge is 0.467 e. The molecular formula is C19H23N7O2. The van der Waals surface area contributed by atoms with Gasteiger partial charge in [0, 0.05) is 20.0 Å². The smallest absolute Gasteiger partial charge is 0.314 e. The van der Waals surface area contributed by atoms with Gasteiger partial charge in [0.25, 0.3) is 5.91 Å². The third-order valence-electron chi connectivity index (χ3n) is 4.96. The molecule has 0 saturated carbocycles. The molecule has 3 heterocycles. The first-order chi connectivity index (χ1) is 13.6. The SMILES string of the molecule is COc1nc(C(=O)N2Cc3nnc(CCc4ccccc4)n3[C@@H](C)C2)nn1C. The second kappa shape index (κ2) is 7.41. The first-order valence-corrected chi connectivity index (χ1v) is 9.27. The Hall–Kier alpha value is -3.23. The Kier molecular flexibility index (Phi) is 4.81. The fraction of sp³-hybridized carbons (Fsp3) is 0.421. The minimum atomic E-state index is -0.231. The minimum Gasteiger partial charge on any atom is -0.467 e. The van der Waals surface area contributed by atoms with E-state index in [1.54, 1.807) is 11.9 Å². The maximum atomic E-state index is 12.8. The van der Waals surface area contributed by atoms with Gasteiger partial charge in [0.1, 0.15) is 5.82 Å². The van der Waals surface area contributed by atoms with Gasteiger partial charge in [-0.15, -0.1) is 15.3 Å². The molecule has 0 bridgehead atoms. The number of ether oxygens (including phenoxy) is 1. The Labute approximate surface area is 163 Å². The van der Waals surface area contributed by atoms with Gasteiger partial charge >= 0.3 is 6.01 Å². The predicted molar refractivity (Wildman–Crippen MR) is 101 cm³/mol. The van der Waals surface area contributed by atoms with Crippen molar-refractivity contribution in [2.75, 3.05) is 13.7 Å². The Morgan fingerprint density at radius 1 is 1.21 bits per heavy atom. The van der Waals surface area contributed by atoms with E-state index in [0.29, 0.717) is 19.1 Å². The van der Waals surface area contributed by atoms with Crippen LogP contribution in [-0.4, -0.2) is 54.0 Å². The summed E-state index contributed by atoms with van der Waals surface area (Å²) in [5, 5.41) is 12.9. The molecule has 0 radical (unpaired) electrons. The number of benzene rings is 1. The summed E-state index contributed by atoms with van der Waals surface area (Å²) in [4.78, 5) is 18.7. The summed E-state index contributed by atoms with van der Waals surface area (Å²) in [6.45, 7) is 3.02. The number of hydrogen-bond donors (Lipinski definition) is 0. The summed E-state index contributed by atoms with van der Waals surface area (Å²) in [5.74, 6) is 1.64. The highest BCUT2D eigenvalue weighted by atomic mass is 16.5. The molecule has 9 nitrogen and oxygen atoms in total. The van der Waals surface area contributed by atoms with Crippen LogP contribution < -0.4 is 4.74 Å². The lowest BCUT2D eigenvalue weighted by molar-refractivity contribution is 0.0666. The molecule has 0 saturated heterocycles. The zero-order valence-corrected chi connectivity index (χ0v) is 16.2. The molecule has 1 aliphatic rings. The van der Waals surface area contributed by atoms with Crippen LogP contribution >= 0.6 is 0 Å². The molecule has 1 aromatic carbocycles. The van der Waals surface area contributed by atoms with Gasteiger partial charge in [0.15, 0.2) is 5.82 Å². The van der Waals surface area contributed by atoms with Gasteiger partial charge < -0.3 is 14.2 Å². The van der Waals surface area contributed by atoms with Crippen molar-refractivity contribution in [1.82, 2.24) is 34.4 Å². The van der Waals surface area contributed by atoms with Gasteiger partial charge in [-0.05, 0) is 18.9 Å². The van der Waals surface area contributed by atoms with Crippen LogP contribution in [-0.2, 0) is 26.4 Å². The summed E-state index contributed by atoms with van der Waals surface area (Å²) in [6, 6.07) is 10.7. The number of nitrogens with zero attached hydrogens (tertiary/aromatic N) is 7. The molecule has 1 amide bonds. The number of rotatable bonds is 5. The first-order valence-electron chi connectivity index (χ1n) is 9.27. The quantitative estimate of drug-likeness (QED) is 0.664. The molecule has 0 aliphatic carbocycles.